The van der Waals surface area contributed by atoms with Crippen molar-refractivity contribution in [1.29, 1.82) is 0 Å². The molecule has 0 radical (unpaired) electrons. The first-order valence-corrected chi connectivity index (χ1v) is 11.0. The van der Waals surface area contributed by atoms with Crippen LogP contribution in [0.25, 0.3) is 10.1 Å². The van der Waals surface area contributed by atoms with Crippen molar-refractivity contribution >= 4 is 21.6 Å². The molecule has 1 aliphatic carbocycles. The number of fused-ring (bicyclic) bond motifs is 2. The van der Waals surface area contributed by atoms with Gasteiger partial charge in [-0.25, -0.2) is 18.3 Å². The minimum atomic E-state index is -0.640. The van der Waals surface area contributed by atoms with Crippen molar-refractivity contribution in [3.63, 3.8) is 0 Å². The van der Waals surface area contributed by atoms with E-state index in [0.717, 1.165) is 21.9 Å². The summed E-state index contributed by atoms with van der Waals surface area (Å²) < 4.78 is 41.8. The van der Waals surface area contributed by atoms with Crippen LogP contribution in [0.2, 0.25) is 0 Å². The van der Waals surface area contributed by atoms with Crippen molar-refractivity contribution < 1.29 is 13.5 Å². The highest BCUT2D eigenvalue weighted by molar-refractivity contribution is 7.13. The standard InChI is InChI=1S/C22H18F2N4O2S/c23-14-5-12(6-15(24)8-14)19-2-4-21-26-28(22(29)27(19)21)16-9-18(10-16)30-17-1-3-20-13(7-17)11-25-31-20/h1,3,5-8,11,16,18-19H,2,4,9-10H2/t16-,18-,19-/m0/s1. The minimum Gasteiger partial charge on any atom is -0.490 e. The highest BCUT2D eigenvalue weighted by atomic mass is 32.1. The normalized spacial score (nSPS) is 22.5. The lowest BCUT2D eigenvalue weighted by atomic mass is 9.89. The molecule has 0 saturated heterocycles. The Hall–Kier alpha value is -3.07. The van der Waals surface area contributed by atoms with Gasteiger partial charge in [-0.05, 0) is 53.8 Å². The summed E-state index contributed by atoms with van der Waals surface area (Å²) in [6, 6.07) is 8.91. The number of halogens is 2. The Labute approximate surface area is 179 Å². The molecule has 0 amide bonds. The molecule has 6 rings (SSSR count). The van der Waals surface area contributed by atoms with Crippen molar-refractivity contribution in [1.82, 2.24) is 18.7 Å². The van der Waals surface area contributed by atoms with Crippen LogP contribution in [0.15, 0.2) is 47.4 Å². The lowest BCUT2D eigenvalue weighted by molar-refractivity contribution is 0.0624. The van der Waals surface area contributed by atoms with E-state index in [2.05, 4.69) is 9.47 Å². The van der Waals surface area contributed by atoms with E-state index in [1.165, 1.54) is 28.3 Å². The number of aryl methyl sites for hydroxylation is 1. The van der Waals surface area contributed by atoms with E-state index in [-0.39, 0.29) is 23.9 Å². The summed E-state index contributed by atoms with van der Waals surface area (Å²) in [5.74, 6) is 0.182. The van der Waals surface area contributed by atoms with Gasteiger partial charge in [-0.3, -0.25) is 4.57 Å². The van der Waals surface area contributed by atoms with Gasteiger partial charge in [0, 0.05) is 36.9 Å². The van der Waals surface area contributed by atoms with Crippen LogP contribution in [-0.4, -0.2) is 24.8 Å². The maximum absolute atomic E-state index is 13.7. The van der Waals surface area contributed by atoms with Crippen LogP contribution in [0.5, 0.6) is 5.75 Å². The van der Waals surface area contributed by atoms with Gasteiger partial charge in [0.25, 0.3) is 0 Å². The highest BCUT2D eigenvalue weighted by Gasteiger charge is 2.37. The quantitative estimate of drug-likeness (QED) is 0.476. The van der Waals surface area contributed by atoms with E-state index >= 15 is 0 Å². The third-order valence-corrected chi connectivity index (χ3v) is 6.95. The summed E-state index contributed by atoms with van der Waals surface area (Å²) >= 11 is 1.45. The van der Waals surface area contributed by atoms with Crippen LogP contribution < -0.4 is 10.4 Å². The Morgan fingerprint density at radius 2 is 1.90 bits per heavy atom. The Kier molecular flexibility index (Phi) is 4.21. The first-order valence-electron chi connectivity index (χ1n) is 10.2. The summed E-state index contributed by atoms with van der Waals surface area (Å²) in [4.78, 5) is 13.1. The number of rotatable bonds is 4. The van der Waals surface area contributed by atoms with Crippen molar-refractivity contribution in [3.05, 3.63) is 76.1 Å². The summed E-state index contributed by atoms with van der Waals surface area (Å²) in [7, 11) is 0. The van der Waals surface area contributed by atoms with Gasteiger partial charge in [-0.1, -0.05) is 0 Å². The Bertz CT molecular complexity index is 1340. The zero-order valence-corrected chi connectivity index (χ0v) is 17.2. The Morgan fingerprint density at radius 3 is 2.71 bits per heavy atom. The number of benzene rings is 2. The fourth-order valence-corrected chi connectivity index (χ4v) is 5.21. The molecule has 9 heteroatoms. The second-order valence-corrected chi connectivity index (χ2v) is 8.99. The fraction of sp³-hybridized carbons (Fsp3) is 0.318. The van der Waals surface area contributed by atoms with Gasteiger partial charge in [0.1, 0.15) is 29.3 Å². The predicted octanol–water partition coefficient (Wildman–Crippen LogP) is 4.25. The van der Waals surface area contributed by atoms with Gasteiger partial charge in [0.15, 0.2) is 0 Å². The SMILES string of the molecule is O=c1n2c(nn1[C@H]1C[C@H](Oc3ccc4sncc4c3)C1)CC[C@H]2c1cc(F)cc(F)c1. The lowest BCUT2D eigenvalue weighted by Gasteiger charge is -2.34. The van der Waals surface area contributed by atoms with E-state index in [1.807, 2.05) is 24.4 Å². The van der Waals surface area contributed by atoms with Gasteiger partial charge in [-0.2, -0.15) is 9.47 Å². The number of aromatic nitrogens is 4. The fourth-order valence-electron chi connectivity index (χ4n) is 4.59. The van der Waals surface area contributed by atoms with Gasteiger partial charge in [0.05, 0.1) is 16.8 Å². The molecule has 6 nitrogen and oxygen atoms in total. The van der Waals surface area contributed by atoms with E-state index in [1.54, 1.807) is 4.57 Å². The number of hydrogen-bond donors (Lipinski definition) is 0. The van der Waals surface area contributed by atoms with Crippen molar-refractivity contribution in [2.75, 3.05) is 0 Å². The number of nitrogens with zero attached hydrogens (tertiary/aromatic N) is 4. The first-order chi connectivity index (χ1) is 15.0. The Morgan fingerprint density at radius 1 is 1.10 bits per heavy atom. The van der Waals surface area contributed by atoms with Gasteiger partial charge in [0.2, 0.25) is 0 Å². The van der Waals surface area contributed by atoms with E-state index in [9.17, 15) is 13.6 Å². The summed E-state index contributed by atoms with van der Waals surface area (Å²) in [6.07, 6.45) is 4.43. The van der Waals surface area contributed by atoms with Crippen molar-refractivity contribution in [2.24, 2.45) is 0 Å². The molecule has 1 saturated carbocycles. The maximum atomic E-state index is 13.7. The predicted molar refractivity (Wildman–Crippen MR) is 112 cm³/mol. The van der Waals surface area contributed by atoms with Gasteiger partial charge >= 0.3 is 5.69 Å². The van der Waals surface area contributed by atoms with Crippen LogP contribution in [-0.2, 0) is 6.42 Å². The second kappa shape index (κ2) is 6.98. The van der Waals surface area contributed by atoms with Crippen LogP contribution in [0, 0.1) is 11.6 Å². The summed E-state index contributed by atoms with van der Waals surface area (Å²) in [5.41, 5.74) is 0.238. The molecule has 4 aromatic rings. The molecule has 1 fully saturated rings. The third-order valence-electron chi connectivity index (χ3n) is 6.17. The molecule has 2 aliphatic rings. The molecular weight excluding hydrogens is 422 g/mol. The zero-order chi connectivity index (χ0) is 21.1. The first kappa shape index (κ1) is 18.7. The molecule has 1 aliphatic heterocycles. The lowest BCUT2D eigenvalue weighted by Crippen LogP contribution is -2.41. The molecular formula is C22H18F2N4O2S. The smallest absolute Gasteiger partial charge is 0.346 e. The Balaban J connectivity index is 1.19. The molecule has 31 heavy (non-hydrogen) atoms. The molecule has 2 aromatic heterocycles. The molecule has 0 unspecified atom stereocenters. The van der Waals surface area contributed by atoms with E-state index < -0.39 is 11.6 Å². The van der Waals surface area contributed by atoms with Crippen LogP contribution in [0.1, 0.15) is 42.7 Å². The molecule has 3 heterocycles. The average Bonchev–Trinajstić information content (AvgIpc) is 3.40. The second-order valence-electron chi connectivity index (χ2n) is 8.16. The highest BCUT2D eigenvalue weighted by Crippen LogP contribution is 2.37. The van der Waals surface area contributed by atoms with Crippen molar-refractivity contribution in [2.45, 2.75) is 43.9 Å². The van der Waals surface area contributed by atoms with Crippen LogP contribution in [0.4, 0.5) is 8.78 Å². The van der Waals surface area contributed by atoms with Gasteiger partial charge in [-0.15, -0.1) is 0 Å². The molecule has 2 aromatic carbocycles. The van der Waals surface area contributed by atoms with E-state index in [4.69, 9.17) is 4.74 Å². The minimum absolute atomic E-state index is 0.0191. The summed E-state index contributed by atoms with van der Waals surface area (Å²) in [5, 5.41) is 5.58. The molecule has 158 valence electrons. The number of hydrogen-bond acceptors (Lipinski definition) is 5. The van der Waals surface area contributed by atoms with Crippen LogP contribution >= 0.6 is 11.5 Å². The van der Waals surface area contributed by atoms with Gasteiger partial charge < -0.3 is 4.74 Å². The molecule has 0 bridgehead atoms. The maximum Gasteiger partial charge on any atom is 0.346 e. The topological polar surface area (TPSA) is 61.9 Å². The summed E-state index contributed by atoms with van der Waals surface area (Å²) in [6.45, 7) is 0. The third kappa shape index (κ3) is 3.15. The molecule has 0 spiro atoms. The van der Waals surface area contributed by atoms with Crippen molar-refractivity contribution in [3.8, 4) is 5.75 Å². The molecule has 0 N–H and O–H groups in total. The molecule has 1 atom stereocenters. The monoisotopic (exact) mass is 440 g/mol. The van der Waals surface area contributed by atoms with E-state index in [0.29, 0.717) is 37.1 Å². The average molecular weight is 440 g/mol. The van der Waals surface area contributed by atoms with Crippen LogP contribution in [0.3, 0.4) is 0 Å². The number of ether oxygens (including phenoxy) is 1. The largest absolute Gasteiger partial charge is 0.490 e. The zero-order valence-electron chi connectivity index (χ0n) is 16.4.